The van der Waals surface area contributed by atoms with E-state index in [9.17, 15) is 0 Å². The zero-order chi connectivity index (χ0) is 25.9. The van der Waals surface area contributed by atoms with E-state index in [4.69, 9.17) is 0 Å². The van der Waals surface area contributed by atoms with Crippen LogP contribution >= 0.6 is 0 Å². The normalized spacial score (nSPS) is 18.3. The molecule has 1 heteroatoms. The van der Waals surface area contributed by atoms with E-state index < -0.39 is 5.41 Å². The summed E-state index contributed by atoms with van der Waals surface area (Å²) in [5, 5.41) is 5.28. The lowest BCUT2D eigenvalue weighted by molar-refractivity contribution is 0.561. The Morgan fingerprint density at radius 1 is 0.462 bits per heavy atom. The molecule has 0 saturated heterocycles. The van der Waals surface area contributed by atoms with Gasteiger partial charge in [0, 0.05) is 16.2 Å². The third-order valence-corrected chi connectivity index (χ3v) is 9.61. The molecule has 9 rings (SSSR count). The molecule has 1 unspecified atom stereocenters. The van der Waals surface area contributed by atoms with Crippen molar-refractivity contribution in [3.63, 3.8) is 0 Å². The first-order chi connectivity index (χ1) is 19.1. The second kappa shape index (κ2) is 7.07. The maximum Gasteiger partial charge on any atom is 0.0748 e. The Morgan fingerprint density at radius 3 is 1.97 bits per heavy atom. The van der Waals surface area contributed by atoms with Crippen LogP contribution in [0.1, 0.15) is 47.2 Å². The molecule has 0 saturated carbocycles. The van der Waals surface area contributed by atoms with Gasteiger partial charge in [-0.15, -0.1) is 0 Å². The van der Waals surface area contributed by atoms with E-state index in [1.165, 1.54) is 71.6 Å². The average Bonchev–Trinajstić information content (AvgIpc) is 3.32. The summed E-state index contributed by atoms with van der Waals surface area (Å²) in [5.41, 5.74) is 11.7. The lowest BCUT2D eigenvalue weighted by Gasteiger charge is -2.50. The molecule has 1 aliphatic carbocycles. The number of aromatic nitrogens is 1. The molecule has 0 radical (unpaired) electrons. The molecule has 1 atom stereocenters. The van der Waals surface area contributed by atoms with E-state index in [2.05, 4.69) is 146 Å². The van der Waals surface area contributed by atoms with E-state index in [0.29, 0.717) is 0 Å². The van der Waals surface area contributed by atoms with Crippen LogP contribution in [0.2, 0.25) is 0 Å². The molecule has 39 heavy (non-hydrogen) atoms. The van der Waals surface area contributed by atoms with Gasteiger partial charge in [0.25, 0.3) is 0 Å². The molecule has 6 aromatic carbocycles. The number of nitrogens with zero attached hydrogens (tertiary/aromatic N) is 1. The SMILES string of the molecule is CC1(C)c2ccccc2C2(c3ccccc3-n3c4ccccc4c4cccc2c43)c2ccc3ccccc3c21. The summed E-state index contributed by atoms with van der Waals surface area (Å²) in [4.78, 5) is 0. The minimum Gasteiger partial charge on any atom is -0.309 e. The number of hydrogen-bond acceptors (Lipinski definition) is 0. The van der Waals surface area contributed by atoms with Crippen LogP contribution in [-0.2, 0) is 10.8 Å². The molecule has 2 aliphatic rings. The zero-order valence-corrected chi connectivity index (χ0v) is 22.1. The van der Waals surface area contributed by atoms with Gasteiger partial charge in [0.1, 0.15) is 0 Å². The maximum absolute atomic E-state index is 2.52. The zero-order valence-electron chi connectivity index (χ0n) is 22.1. The first-order valence-corrected chi connectivity index (χ1v) is 13.9. The van der Waals surface area contributed by atoms with Crippen LogP contribution in [0.25, 0.3) is 38.3 Å². The van der Waals surface area contributed by atoms with E-state index in [0.717, 1.165) is 0 Å². The quantitative estimate of drug-likeness (QED) is 0.197. The fraction of sp³-hybridized carbons (Fsp3) is 0.105. The van der Waals surface area contributed by atoms with Crippen molar-refractivity contribution in [3.05, 3.63) is 161 Å². The minimum atomic E-state index is -0.425. The number of rotatable bonds is 0. The number of fused-ring (bicyclic) bond motifs is 13. The molecule has 1 aliphatic heterocycles. The van der Waals surface area contributed by atoms with Crippen LogP contribution in [0, 0.1) is 0 Å². The van der Waals surface area contributed by atoms with E-state index >= 15 is 0 Å². The molecule has 7 aromatic rings. The predicted octanol–water partition coefficient (Wildman–Crippen LogP) is 9.27. The molecule has 1 aromatic heterocycles. The number of benzene rings is 6. The van der Waals surface area contributed by atoms with Crippen molar-refractivity contribution in [1.29, 1.82) is 0 Å². The minimum absolute atomic E-state index is 0.148. The van der Waals surface area contributed by atoms with E-state index in [1.807, 2.05) is 0 Å². The van der Waals surface area contributed by atoms with Gasteiger partial charge in [0.15, 0.2) is 0 Å². The van der Waals surface area contributed by atoms with Gasteiger partial charge in [-0.05, 0) is 56.3 Å². The average molecular weight is 498 g/mol. The van der Waals surface area contributed by atoms with Crippen molar-refractivity contribution in [1.82, 2.24) is 4.57 Å². The van der Waals surface area contributed by atoms with Crippen LogP contribution in [0.4, 0.5) is 0 Å². The summed E-state index contributed by atoms with van der Waals surface area (Å²) in [6, 6.07) is 47.9. The van der Waals surface area contributed by atoms with Gasteiger partial charge in [0.2, 0.25) is 0 Å². The topological polar surface area (TPSA) is 4.93 Å². The molecule has 0 N–H and O–H groups in total. The van der Waals surface area contributed by atoms with E-state index in [1.54, 1.807) is 0 Å². The molecule has 0 bridgehead atoms. The van der Waals surface area contributed by atoms with Crippen LogP contribution in [-0.4, -0.2) is 4.57 Å². The molecule has 2 heterocycles. The predicted molar refractivity (Wildman–Crippen MR) is 162 cm³/mol. The summed E-state index contributed by atoms with van der Waals surface area (Å²) in [6.45, 7) is 4.83. The second-order valence-electron chi connectivity index (χ2n) is 11.7. The summed E-state index contributed by atoms with van der Waals surface area (Å²) >= 11 is 0. The Bertz CT molecular complexity index is 2160. The molecular formula is C38H27N. The van der Waals surface area contributed by atoms with Gasteiger partial charge in [-0.3, -0.25) is 0 Å². The van der Waals surface area contributed by atoms with Crippen molar-refractivity contribution in [2.75, 3.05) is 0 Å². The smallest absolute Gasteiger partial charge is 0.0748 e. The lowest BCUT2D eigenvalue weighted by Crippen LogP contribution is -2.44. The Morgan fingerprint density at radius 2 is 1.10 bits per heavy atom. The lowest BCUT2D eigenvalue weighted by atomic mass is 9.53. The van der Waals surface area contributed by atoms with Crippen molar-refractivity contribution in [2.45, 2.75) is 24.7 Å². The number of para-hydroxylation sites is 3. The third kappa shape index (κ3) is 2.35. The maximum atomic E-state index is 2.52. The first-order valence-electron chi connectivity index (χ1n) is 13.9. The molecule has 0 amide bonds. The summed E-state index contributed by atoms with van der Waals surface area (Å²) in [7, 11) is 0. The van der Waals surface area contributed by atoms with Gasteiger partial charge in [-0.25, -0.2) is 0 Å². The Hall–Kier alpha value is -4.62. The monoisotopic (exact) mass is 497 g/mol. The summed E-state index contributed by atoms with van der Waals surface area (Å²) in [6.07, 6.45) is 0. The van der Waals surface area contributed by atoms with E-state index in [-0.39, 0.29) is 5.41 Å². The largest absolute Gasteiger partial charge is 0.309 e. The highest BCUT2D eigenvalue weighted by atomic mass is 15.0. The summed E-state index contributed by atoms with van der Waals surface area (Å²) in [5.74, 6) is 0. The van der Waals surface area contributed by atoms with Gasteiger partial charge in [-0.1, -0.05) is 129 Å². The highest BCUT2D eigenvalue weighted by Gasteiger charge is 2.52. The van der Waals surface area contributed by atoms with Crippen LogP contribution in [0.5, 0.6) is 0 Å². The fourth-order valence-corrected chi connectivity index (χ4v) is 8.17. The molecule has 1 spiro atoms. The van der Waals surface area contributed by atoms with Gasteiger partial charge in [-0.2, -0.15) is 0 Å². The number of hydrogen-bond donors (Lipinski definition) is 0. The van der Waals surface area contributed by atoms with Crippen LogP contribution in [0.15, 0.2) is 127 Å². The van der Waals surface area contributed by atoms with Crippen LogP contribution < -0.4 is 0 Å². The van der Waals surface area contributed by atoms with Crippen molar-refractivity contribution in [2.24, 2.45) is 0 Å². The van der Waals surface area contributed by atoms with Crippen molar-refractivity contribution >= 4 is 32.6 Å². The first kappa shape index (κ1) is 21.3. The van der Waals surface area contributed by atoms with Crippen molar-refractivity contribution in [3.8, 4) is 5.69 Å². The van der Waals surface area contributed by atoms with Gasteiger partial charge >= 0.3 is 0 Å². The fourth-order valence-electron chi connectivity index (χ4n) is 8.17. The third-order valence-electron chi connectivity index (χ3n) is 9.61. The summed E-state index contributed by atoms with van der Waals surface area (Å²) < 4.78 is 2.52. The molecule has 0 fully saturated rings. The molecule has 184 valence electrons. The molecular weight excluding hydrogens is 470 g/mol. The Balaban J connectivity index is 1.60. The van der Waals surface area contributed by atoms with Gasteiger partial charge in [0.05, 0.1) is 22.1 Å². The Kier molecular flexibility index (Phi) is 3.86. The molecule has 1 nitrogen and oxygen atoms in total. The highest BCUT2D eigenvalue weighted by Crippen LogP contribution is 2.61. The second-order valence-corrected chi connectivity index (χ2v) is 11.7. The standard InChI is InChI=1S/C38H27N/c1-37(2)28-16-6-7-17-29(28)38(31-23-22-24-12-3-4-13-25(24)35(31)37)30-18-8-10-21-34(30)39-33-20-9-5-14-26(33)27-15-11-19-32(38)36(27)39/h3-23H,1-2H3. The van der Waals surface area contributed by atoms with Crippen LogP contribution in [0.3, 0.4) is 0 Å². The Labute approximate surface area is 228 Å². The highest BCUT2D eigenvalue weighted by molar-refractivity contribution is 6.12. The van der Waals surface area contributed by atoms with Gasteiger partial charge < -0.3 is 4.57 Å². The van der Waals surface area contributed by atoms with Crippen molar-refractivity contribution < 1.29 is 0 Å².